The van der Waals surface area contributed by atoms with Gasteiger partial charge in [-0.05, 0) is 59.8 Å². The van der Waals surface area contributed by atoms with Crippen LogP contribution in [-0.2, 0) is 0 Å². The fourth-order valence-electron chi connectivity index (χ4n) is 4.61. The molecule has 1 heteroatoms. The Balaban J connectivity index is 0.00000110. The third-order valence-electron chi connectivity index (χ3n) is 5.60. The van der Waals surface area contributed by atoms with E-state index >= 15 is 0 Å². The quantitative estimate of drug-likeness (QED) is 0.586. The van der Waals surface area contributed by atoms with Crippen molar-refractivity contribution in [1.82, 2.24) is 0 Å². The van der Waals surface area contributed by atoms with E-state index < -0.39 is 0 Å². The summed E-state index contributed by atoms with van der Waals surface area (Å²) in [6, 6.07) is 4.76. The van der Waals surface area contributed by atoms with E-state index in [9.17, 15) is 0 Å². The Hall–Kier alpha value is 0.103. The van der Waals surface area contributed by atoms with Gasteiger partial charge in [-0.15, -0.1) is 0 Å². The van der Waals surface area contributed by atoms with Crippen LogP contribution < -0.4 is 0 Å². The fourth-order valence-corrected chi connectivity index (χ4v) is 4.61. The van der Waals surface area contributed by atoms with Gasteiger partial charge in [0, 0.05) is 0 Å². The second-order valence-corrected chi connectivity index (χ2v) is 6.66. The number of fused-ring (bicyclic) bond motifs is 1. The topological polar surface area (TPSA) is 0 Å². The molecule has 4 rings (SSSR count). The summed E-state index contributed by atoms with van der Waals surface area (Å²) in [5.41, 5.74) is 7.00. The van der Waals surface area contributed by atoms with Crippen molar-refractivity contribution in [3.63, 3.8) is 0 Å². The van der Waals surface area contributed by atoms with E-state index in [1.807, 2.05) is 11.1 Å². The summed E-state index contributed by atoms with van der Waals surface area (Å²) < 4.78 is 0. The summed E-state index contributed by atoms with van der Waals surface area (Å²) in [5, 5.41) is 0. The third-order valence-corrected chi connectivity index (χ3v) is 5.60. The number of benzene rings is 1. The molecule has 2 saturated carbocycles. The first kappa shape index (κ1) is 14.1. The summed E-state index contributed by atoms with van der Waals surface area (Å²) in [6.45, 7) is 0. The number of rotatable bonds is 2. The minimum absolute atomic E-state index is 0. The van der Waals surface area contributed by atoms with Crippen LogP contribution in [0.2, 0.25) is 0 Å². The van der Waals surface area contributed by atoms with Crippen molar-refractivity contribution in [3.05, 3.63) is 23.3 Å². The summed E-state index contributed by atoms with van der Waals surface area (Å²) in [6.07, 6.45) is 14.7. The molecule has 4 aliphatic carbocycles. The zero-order chi connectivity index (χ0) is 11.9. The van der Waals surface area contributed by atoms with Crippen LogP contribution in [0.25, 0.3) is 11.1 Å². The average Bonchev–Trinajstić information content (AvgIpc) is 2.43. The molecule has 0 aromatic heterocycles. The van der Waals surface area contributed by atoms with E-state index in [0.29, 0.717) is 0 Å². The molecule has 104 valence electrons. The largest absolute Gasteiger partial charge is 0.0534 e. The van der Waals surface area contributed by atoms with Crippen molar-refractivity contribution in [1.29, 1.82) is 0 Å². The Kier molecular flexibility index (Phi) is 4.32. The molecule has 0 atom stereocenters. The summed E-state index contributed by atoms with van der Waals surface area (Å²) in [7, 11) is 0. The molecule has 0 heterocycles. The van der Waals surface area contributed by atoms with Gasteiger partial charge >= 0.3 is 26.2 Å². The van der Waals surface area contributed by atoms with Crippen LogP contribution in [0.5, 0.6) is 0 Å². The molecule has 0 spiro atoms. The summed E-state index contributed by atoms with van der Waals surface area (Å²) in [4.78, 5) is 0. The van der Waals surface area contributed by atoms with Gasteiger partial charge in [0.2, 0.25) is 0 Å². The van der Waals surface area contributed by atoms with Crippen LogP contribution in [-0.4, -0.2) is 26.2 Å². The molecule has 0 amide bonds. The summed E-state index contributed by atoms with van der Waals surface area (Å²) in [5.74, 6) is 1.86. The molecule has 2 fully saturated rings. The van der Waals surface area contributed by atoms with Crippen molar-refractivity contribution in [2.24, 2.45) is 0 Å². The predicted octanol–water partition coefficient (Wildman–Crippen LogP) is 4.58. The molecule has 4 aliphatic rings. The zero-order valence-corrected chi connectivity index (χ0v) is 17.6. The van der Waals surface area contributed by atoms with E-state index in [1.54, 1.807) is 11.1 Å². The van der Waals surface area contributed by atoms with Crippen molar-refractivity contribution >= 4 is 26.2 Å². The molecule has 0 aromatic rings. The maximum atomic E-state index is 2.38. The van der Waals surface area contributed by atoms with Gasteiger partial charge in [-0.1, -0.05) is 50.7 Å². The second kappa shape index (κ2) is 5.84. The Bertz CT molecular complexity index is 408. The fraction of sp³-hybridized carbons (Fsp3) is 0.667. The Morgan fingerprint density at radius 2 is 0.947 bits per heavy atom. The van der Waals surface area contributed by atoms with Gasteiger partial charge in [0.15, 0.2) is 0 Å². The zero-order valence-electron chi connectivity index (χ0n) is 12.1. The molecule has 0 aromatic carbocycles. The van der Waals surface area contributed by atoms with E-state index in [1.165, 1.54) is 64.2 Å². The van der Waals surface area contributed by atoms with Gasteiger partial charge in [-0.2, -0.15) is 0 Å². The molecular weight excluding hydrogens is 425 g/mol. The minimum Gasteiger partial charge on any atom is -0.0534 e. The Morgan fingerprint density at radius 1 is 0.579 bits per heavy atom. The molecule has 0 radical (unpaired) electrons. The Labute approximate surface area is 136 Å². The van der Waals surface area contributed by atoms with Crippen LogP contribution in [0.3, 0.4) is 0 Å². The van der Waals surface area contributed by atoms with Gasteiger partial charge in [0.05, 0.1) is 0 Å². The smallest absolute Gasteiger partial charge is 0.0143 e. The van der Waals surface area contributed by atoms with Crippen LogP contribution >= 0.6 is 0 Å². The van der Waals surface area contributed by atoms with Gasteiger partial charge in [0.25, 0.3) is 0 Å². The molecular formula is C18H27Bi. The van der Waals surface area contributed by atoms with Crippen molar-refractivity contribution in [2.75, 3.05) is 0 Å². The third kappa shape index (κ3) is 2.31. The molecule has 0 saturated heterocycles. The van der Waals surface area contributed by atoms with Crippen LogP contribution in [0.4, 0.5) is 0 Å². The van der Waals surface area contributed by atoms with Crippen molar-refractivity contribution < 1.29 is 0 Å². The van der Waals surface area contributed by atoms with E-state index in [-0.39, 0.29) is 26.2 Å². The molecule has 19 heavy (non-hydrogen) atoms. The Morgan fingerprint density at radius 3 is 1.26 bits per heavy atom. The van der Waals surface area contributed by atoms with Gasteiger partial charge in [0.1, 0.15) is 0 Å². The first-order chi connectivity index (χ1) is 8.95. The number of hydrogen-bond acceptors (Lipinski definition) is 0. The maximum Gasteiger partial charge on any atom is -0.0143 e. The van der Waals surface area contributed by atoms with Crippen molar-refractivity contribution in [2.45, 2.75) is 76.0 Å². The average molecular weight is 452 g/mol. The van der Waals surface area contributed by atoms with E-state index in [0.717, 1.165) is 11.8 Å². The number of hydrogen-bond donors (Lipinski definition) is 0. The first-order valence-electron chi connectivity index (χ1n) is 8.12. The standard InChI is InChI=1S/C18H24.Bi.3H/c1-3-7-13(8-4-1)17-15-11-12-16(15)18(17)14-9-5-2-6-10-14;;;;/h11-14H,1-10H2;;;;. The predicted molar refractivity (Wildman–Crippen MR) is 87.0 cm³/mol. The molecule has 0 N–H and O–H groups in total. The van der Waals surface area contributed by atoms with Gasteiger partial charge in [-0.3, -0.25) is 0 Å². The summed E-state index contributed by atoms with van der Waals surface area (Å²) >= 11 is 0. The molecule has 0 unspecified atom stereocenters. The van der Waals surface area contributed by atoms with Gasteiger partial charge < -0.3 is 0 Å². The van der Waals surface area contributed by atoms with Crippen LogP contribution in [0.1, 0.15) is 87.2 Å². The van der Waals surface area contributed by atoms with E-state index in [4.69, 9.17) is 0 Å². The molecule has 0 bridgehead atoms. The normalized spacial score (nSPS) is 22.9. The second-order valence-electron chi connectivity index (χ2n) is 6.66. The van der Waals surface area contributed by atoms with Crippen LogP contribution in [0, 0.1) is 0 Å². The monoisotopic (exact) mass is 452 g/mol. The first-order valence-corrected chi connectivity index (χ1v) is 8.12. The minimum atomic E-state index is 0. The maximum absolute atomic E-state index is 2.38. The molecule has 0 nitrogen and oxygen atoms in total. The molecule has 0 aliphatic heterocycles. The van der Waals surface area contributed by atoms with Gasteiger partial charge in [-0.25, -0.2) is 0 Å². The van der Waals surface area contributed by atoms with Crippen molar-refractivity contribution in [3.8, 4) is 11.1 Å². The van der Waals surface area contributed by atoms with E-state index in [2.05, 4.69) is 12.1 Å². The van der Waals surface area contributed by atoms with Crippen LogP contribution in [0.15, 0.2) is 12.1 Å². The SMILES string of the molecule is [BiH3].c1cc2c(C3CCCCC3)c(C3CCCCC3)c1-2.